The first-order chi connectivity index (χ1) is 20.1. The number of fused-ring (bicyclic) bond motifs is 1. The molecule has 0 bridgehead atoms. The van der Waals surface area contributed by atoms with Gasteiger partial charge in [0.25, 0.3) is 0 Å². The summed E-state index contributed by atoms with van der Waals surface area (Å²) in [4.78, 5) is 29.5. The molecule has 0 radical (unpaired) electrons. The van der Waals surface area contributed by atoms with Crippen molar-refractivity contribution in [3.8, 4) is 0 Å². The van der Waals surface area contributed by atoms with Crippen LogP contribution in [0.2, 0.25) is 0 Å². The normalized spacial score (nSPS) is 13.1. The van der Waals surface area contributed by atoms with Gasteiger partial charge in [-0.15, -0.1) is 0 Å². The highest BCUT2D eigenvalue weighted by Gasteiger charge is 2.33. The monoisotopic (exact) mass is 585 g/mol. The predicted octanol–water partition coefficient (Wildman–Crippen LogP) is 5.32. The molecule has 0 unspecified atom stereocenters. The second-order valence-electron chi connectivity index (χ2n) is 10.7. The number of amides is 2. The number of hydrogen-bond donors (Lipinski definition) is 1. The standard InChI is InChI=1S/C34H39N3O4S/c1-5-26(3)35-34(39)32(21-27-14-7-6-8-15-27)37(23-30-18-10-9-13-25(30)2)33(38)24-36(4)42(40,41)31-20-19-28-16-11-12-17-29(28)22-31/h6-20,22,26,32H,5,21,23-24H2,1-4H3,(H,35,39)/t26-,32-/m0/s1. The van der Waals surface area contributed by atoms with Gasteiger partial charge in [0.1, 0.15) is 6.04 Å². The lowest BCUT2D eigenvalue weighted by molar-refractivity contribution is -0.141. The molecule has 4 aromatic rings. The van der Waals surface area contributed by atoms with Gasteiger partial charge in [0, 0.05) is 26.1 Å². The quantitative estimate of drug-likeness (QED) is 0.244. The van der Waals surface area contributed by atoms with Gasteiger partial charge in [-0.3, -0.25) is 9.59 Å². The maximum Gasteiger partial charge on any atom is 0.243 e. The molecule has 2 atom stereocenters. The Labute approximate surface area is 249 Å². The van der Waals surface area contributed by atoms with Crippen LogP contribution in [-0.2, 0) is 32.6 Å². The zero-order chi connectivity index (χ0) is 30.3. The SMILES string of the molecule is CC[C@H](C)NC(=O)[C@H](Cc1ccccc1)N(Cc1ccccc1C)C(=O)CN(C)S(=O)(=O)c1ccc2ccccc2c1. The third-order valence-electron chi connectivity index (χ3n) is 7.66. The van der Waals surface area contributed by atoms with Crippen molar-refractivity contribution in [2.45, 2.75) is 57.1 Å². The van der Waals surface area contributed by atoms with Crippen molar-refractivity contribution in [1.82, 2.24) is 14.5 Å². The van der Waals surface area contributed by atoms with Gasteiger partial charge >= 0.3 is 0 Å². The molecule has 0 aliphatic rings. The molecular formula is C34H39N3O4S. The molecule has 4 rings (SSSR count). The van der Waals surface area contributed by atoms with E-state index in [0.717, 1.165) is 38.2 Å². The van der Waals surface area contributed by atoms with E-state index in [9.17, 15) is 18.0 Å². The van der Waals surface area contributed by atoms with Gasteiger partial charge in [0.05, 0.1) is 11.4 Å². The minimum atomic E-state index is -3.98. The Bertz CT molecular complexity index is 1640. The largest absolute Gasteiger partial charge is 0.352 e. The van der Waals surface area contributed by atoms with Crippen LogP contribution in [0.4, 0.5) is 0 Å². The molecule has 2 amide bonds. The van der Waals surface area contributed by atoms with Crippen LogP contribution in [-0.4, -0.2) is 55.1 Å². The molecule has 0 saturated heterocycles. The average Bonchev–Trinajstić information content (AvgIpc) is 2.99. The first kappa shape index (κ1) is 30.9. The Hall–Kier alpha value is -4.01. The van der Waals surface area contributed by atoms with Gasteiger partial charge in [0.2, 0.25) is 21.8 Å². The summed E-state index contributed by atoms with van der Waals surface area (Å²) in [7, 11) is -2.58. The van der Waals surface area contributed by atoms with Gasteiger partial charge in [-0.05, 0) is 59.9 Å². The van der Waals surface area contributed by atoms with E-state index in [4.69, 9.17) is 0 Å². The molecule has 7 nitrogen and oxygen atoms in total. The summed E-state index contributed by atoms with van der Waals surface area (Å²) in [5.74, 6) is -0.722. The van der Waals surface area contributed by atoms with E-state index in [1.54, 1.807) is 18.2 Å². The number of nitrogens with zero attached hydrogens (tertiary/aromatic N) is 2. The van der Waals surface area contributed by atoms with Crippen LogP contribution in [0.25, 0.3) is 10.8 Å². The fraction of sp³-hybridized carbons (Fsp3) is 0.294. The lowest BCUT2D eigenvalue weighted by Gasteiger charge is -2.33. The van der Waals surface area contributed by atoms with Gasteiger partial charge in [-0.2, -0.15) is 4.31 Å². The summed E-state index contributed by atoms with van der Waals surface area (Å²) in [5.41, 5.74) is 2.77. The van der Waals surface area contributed by atoms with Crippen LogP contribution < -0.4 is 5.32 Å². The molecule has 0 aliphatic heterocycles. The van der Waals surface area contributed by atoms with Crippen molar-refractivity contribution in [3.05, 3.63) is 114 Å². The molecule has 42 heavy (non-hydrogen) atoms. The zero-order valence-electron chi connectivity index (χ0n) is 24.7. The summed E-state index contributed by atoms with van der Waals surface area (Å²) in [5, 5.41) is 4.77. The van der Waals surface area contributed by atoms with Crippen molar-refractivity contribution < 1.29 is 18.0 Å². The molecule has 0 heterocycles. The number of likely N-dealkylation sites (N-methyl/N-ethyl adjacent to an activating group) is 1. The molecule has 8 heteroatoms. The number of hydrogen-bond acceptors (Lipinski definition) is 4. The van der Waals surface area contributed by atoms with Gasteiger partial charge < -0.3 is 10.2 Å². The number of nitrogens with one attached hydrogen (secondary N) is 1. The van der Waals surface area contributed by atoms with Crippen molar-refractivity contribution >= 4 is 32.6 Å². The first-order valence-corrected chi connectivity index (χ1v) is 15.7. The Morgan fingerprint density at radius 3 is 2.19 bits per heavy atom. The lowest BCUT2D eigenvalue weighted by Crippen LogP contribution is -2.54. The summed E-state index contributed by atoms with van der Waals surface area (Å²) in [6, 6.07) is 28.8. The summed E-state index contributed by atoms with van der Waals surface area (Å²) >= 11 is 0. The van der Waals surface area contributed by atoms with E-state index < -0.39 is 28.5 Å². The maximum atomic E-state index is 14.1. The number of benzene rings is 4. The minimum Gasteiger partial charge on any atom is -0.352 e. The zero-order valence-corrected chi connectivity index (χ0v) is 25.5. The molecule has 0 aliphatic carbocycles. The van der Waals surface area contributed by atoms with E-state index in [2.05, 4.69) is 5.32 Å². The molecule has 220 valence electrons. The molecule has 0 spiro atoms. The third-order valence-corrected chi connectivity index (χ3v) is 9.46. The van der Waals surface area contributed by atoms with Crippen LogP contribution >= 0.6 is 0 Å². The Morgan fingerprint density at radius 1 is 0.857 bits per heavy atom. The Morgan fingerprint density at radius 2 is 1.50 bits per heavy atom. The van der Waals surface area contributed by atoms with E-state index in [0.29, 0.717) is 6.42 Å². The second-order valence-corrected chi connectivity index (χ2v) is 12.8. The number of rotatable bonds is 12. The highest BCUT2D eigenvalue weighted by molar-refractivity contribution is 7.89. The smallest absolute Gasteiger partial charge is 0.243 e. The van der Waals surface area contributed by atoms with Gasteiger partial charge in [0.15, 0.2) is 0 Å². The van der Waals surface area contributed by atoms with Crippen LogP contribution in [0.1, 0.15) is 37.0 Å². The third kappa shape index (κ3) is 7.43. The lowest BCUT2D eigenvalue weighted by atomic mass is 10.0. The molecule has 4 aromatic carbocycles. The molecular weight excluding hydrogens is 546 g/mol. The maximum absolute atomic E-state index is 14.1. The average molecular weight is 586 g/mol. The second kappa shape index (κ2) is 13.8. The van der Waals surface area contributed by atoms with Crippen molar-refractivity contribution in [3.63, 3.8) is 0 Å². The number of aryl methyl sites for hydroxylation is 1. The predicted molar refractivity (Wildman–Crippen MR) is 167 cm³/mol. The van der Waals surface area contributed by atoms with Crippen molar-refractivity contribution in [2.75, 3.05) is 13.6 Å². The summed E-state index contributed by atoms with van der Waals surface area (Å²) in [6.07, 6.45) is 1.03. The van der Waals surface area contributed by atoms with E-state index in [1.807, 2.05) is 99.6 Å². The Kier molecular flexibility index (Phi) is 10.1. The number of sulfonamides is 1. The highest BCUT2D eigenvalue weighted by atomic mass is 32.2. The van der Waals surface area contributed by atoms with Crippen LogP contribution in [0, 0.1) is 6.92 Å². The van der Waals surface area contributed by atoms with E-state index in [1.165, 1.54) is 11.9 Å². The van der Waals surface area contributed by atoms with E-state index >= 15 is 0 Å². The van der Waals surface area contributed by atoms with Crippen LogP contribution in [0.3, 0.4) is 0 Å². The molecule has 0 aromatic heterocycles. The summed E-state index contributed by atoms with van der Waals surface area (Å²) < 4.78 is 28.3. The van der Waals surface area contributed by atoms with Crippen molar-refractivity contribution in [2.24, 2.45) is 0 Å². The molecule has 0 fully saturated rings. The Balaban J connectivity index is 1.68. The number of carbonyl (C=O) groups is 2. The minimum absolute atomic E-state index is 0.0814. The molecule has 1 N–H and O–H groups in total. The first-order valence-electron chi connectivity index (χ1n) is 14.2. The van der Waals surface area contributed by atoms with Crippen LogP contribution in [0.5, 0.6) is 0 Å². The van der Waals surface area contributed by atoms with Crippen LogP contribution in [0.15, 0.2) is 102 Å². The van der Waals surface area contributed by atoms with Gasteiger partial charge in [-0.1, -0.05) is 91.9 Å². The van der Waals surface area contributed by atoms with E-state index in [-0.39, 0.29) is 23.4 Å². The topological polar surface area (TPSA) is 86.8 Å². The van der Waals surface area contributed by atoms with Crippen molar-refractivity contribution in [1.29, 1.82) is 0 Å². The fourth-order valence-corrected chi connectivity index (χ4v) is 6.00. The van der Waals surface area contributed by atoms with Gasteiger partial charge in [-0.25, -0.2) is 8.42 Å². The molecule has 0 saturated carbocycles. The highest BCUT2D eigenvalue weighted by Crippen LogP contribution is 2.23. The fourth-order valence-electron chi connectivity index (χ4n) is 4.84. The number of carbonyl (C=O) groups excluding carboxylic acids is 2. The summed E-state index contributed by atoms with van der Waals surface area (Å²) in [6.45, 7) is 5.62.